The molecule has 15 heteroatoms. The fourth-order valence-electron chi connectivity index (χ4n) is 4.97. The van der Waals surface area contributed by atoms with Crippen LogP contribution in [-0.2, 0) is 20.9 Å². The molecule has 3 atom stereocenters. The summed E-state index contributed by atoms with van der Waals surface area (Å²) in [4.78, 5) is 32.8. The van der Waals surface area contributed by atoms with E-state index in [1.165, 1.54) is 0 Å². The number of hydrogen-bond donors (Lipinski definition) is 5. The van der Waals surface area contributed by atoms with Crippen LogP contribution in [0.25, 0.3) is 0 Å². The first-order chi connectivity index (χ1) is 19.1. The molecule has 1 saturated heterocycles. The number of alkyl halides is 3. The summed E-state index contributed by atoms with van der Waals surface area (Å²) in [6.45, 7) is 3.43. The number of rotatable bonds is 9. The summed E-state index contributed by atoms with van der Waals surface area (Å²) in [5, 5.41) is 41.4. The predicted molar refractivity (Wildman–Crippen MR) is 137 cm³/mol. The van der Waals surface area contributed by atoms with Gasteiger partial charge in [0.2, 0.25) is 0 Å². The van der Waals surface area contributed by atoms with Gasteiger partial charge in [-0.2, -0.15) is 18.3 Å². The van der Waals surface area contributed by atoms with Crippen LogP contribution in [0.1, 0.15) is 62.4 Å². The van der Waals surface area contributed by atoms with Crippen LogP contribution in [-0.4, -0.2) is 84.5 Å². The maximum absolute atomic E-state index is 13.5. The van der Waals surface area contributed by atoms with Crippen LogP contribution in [0.3, 0.4) is 0 Å². The van der Waals surface area contributed by atoms with E-state index in [0.29, 0.717) is 5.82 Å². The van der Waals surface area contributed by atoms with E-state index in [0.717, 1.165) is 47.6 Å². The summed E-state index contributed by atoms with van der Waals surface area (Å²) in [6, 6.07) is 7.93. The van der Waals surface area contributed by atoms with Gasteiger partial charge in [0.1, 0.15) is 11.6 Å². The number of aliphatic hydroxyl groups is 1. The second-order valence-corrected chi connectivity index (χ2v) is 10.2. The van der Waals surface area contributed by atoms with Crippen LogP contribution in [0.5, 0.6) is 5.75 Å². The average Bonchev–Trinajstić information content (AvgIpc) is 3.49. The molecule has 2 aromatic rings. The van der Waals surface area contributed by atoms with Crippen molar-refractivity contribution in [3.63, 3.8) is 0 Å². The molecule has 1 unspecified atom stereocenters. The standard InChI is InChI=1S/C20H25F3N4O.C6H8O7/c1-13-10-18(20(21,22)23)27-19(24-13)11-16(25-27)17-4-3-9-26(17)12-14-5-7-15(28-2)8-6-14;7-3(8)1-6(13,5(11)12)2-4(9)10/h5-8,11,13,17-18,24H,3-4,9-10,12H2,1-2H3;13H,1-2H2,(H,7,8)(H,9,10)(H,11,12)/t13-,17?,18-;/m1./s1. The summed E-state index contributed by atoms with van der Waals surface area (Å²) in [6.07, 6.45) is -4.68. The van der Waals surface area contributed by atoms with Gasteiger partial charge in [-0.3, -0.25) is 14.5 Å². The Labute approximate surface area is 233 Å². The molecule has 0 saturated carbocycles. The molecule has 3 heterocycles. The lowest BCUT2D eigenvalue weighted by Crippen LogP contribution is -2.42. The number of benzene rings is 1. The third kappa shape index (κ3) is 8.10. The van der Waals surface area contributed by atoms with Crippen LogP contribution in [0, 0.1) is 0 Å². The maximum atomic E-state index is 13.5. The molecule has 1 fully saturated rings. The Bertz CT molecular complexity index is 1220. The Morgan fingerprint density at radius 1 is 1.10 bits per heavy atom. The van der Waals surface area contributed by atoms with E-state index in [2.05, 4.69) is 15.3 Å². The molecule has 2 aliphatic heterocycles. The molecule has 4 rings (SSSR count). The number of carbonyl (C=O) groups is 3. The molecule has 1 aromatic heterocycles. The first-order valence-corrected chi connectivity index (χ1v) is 12.8. The van der Waals surface area contributed by atoms with Crippen LogP contribution in [0.4, 0.5) is 19.0 Å². The van der Waals surface area contributed by atoms with Crippen molar-refractivity contribution >= 4 is 23.7 Å². The number of nitrogens with zero attached hydrogens (tertiary/aromatic N) is 3. The molecule has 226 valence electrons. The molecule has 1 aromatic carbocycles. The number of anilines is 1. The summed E-state index contributed by atoms with van der Waals surface area (Å²) in [5.41, 5.74) is -0.869. The van der Waals surface area contributed by atoms with Crippen LogP contribution in [0.15, 0.2) is 30.3 Å². The summed E-state index contributed by atoms with van der Waals surface area (Å²) in [7, 11) is 1.63. The van der Waals surface area contributed by atoms with E-state index in [1.807, 2.05) is 24.3 Å². The minimum atomic E-state index is -4.30. The highest BCUT2D eigenvalue weighted by atomic mass is 19.4. The minimum Gasteiger partial charge on any atom is -0.497 e. The average molecular weight is 587 g/mol. The van der Waals surface area contributed by atoms with Gasteiger partial charge in [0.05, 0.1) is 31.7 Å². The molecular formula is C26H33F3N4O8. The zero-order valence-electron chi connectivity index (χ0n) is 22.5. The van der Waals surface area contributed by atoms with Gasteiger partial charge in [0, 0.05) is 18.7 Å². The van der Waals surface area contributed by atoms with Crippen molar-refractivity contribution in [3.05, 3.63) is 41.6 Å². The molecule has 0 spiro atoms. The topological polar surface area (TPSA) is 174 Å². The molecular weight excluding hydrogens is 553 g/mol. The summed E-state index contributed by atoms with van der Waals surface area (Å²) < 4.78 is 46.8. The SMILES string of the molecule is COc1ccc(CN2CCCC2c2cc3n(n2)[C@@H](C(F)(F)F)C[C@@H](C)N3)cc1.O=C(O)CC(O)(CC(=O)O)C(=O)O. The lowest BCUT2D eigenvalue weighted by atomic mass is 9.96. The van der Waals surface area contributed by atoms with E-state index in [1.54, 1.807) is 20.1 Å². The van der Waals surface area contributed by atoms with E-state index in [9.17, 15) is 27.6 Å². The van der Waals surface area contributed by atoms with Gasteiger partial charge in [0.25, 0.3) is 0 Å². The summed E-state index contributed by atoms with van der Waals surface area (Å²) >= 11 is 0. The number of carboxylic acid groups (broad SMARTS) is 3. The molecule has 0 bridgehead atoms. The van der Waals surface area contributed by atoms with Gasteiger partial charge in [-0.1, -0.05) is 12.1 Å². The number of aliphatic carboxylic acids is 3. The molecule has 41 heavy (non-hydrogen) atoms. The van der Waals surface area contributed by atoms with Gasteiger partial charge in [-0.15, -0.1) is 0 Å². The van der Waals surface area contributed by atoms with Crippen molar-refractivity contribution < 1.29 is 52.7 Å². The Hall–Kier alpha value is -3.85. The lowest BCUT2D eigenvalue weighted by Gasteiger charge is -2.31. The zero-order chi connectivity index (χ0) is 30.5. The van der Waals surface area contributed by atoms with Crippen molar-refractivity contribution in [1.82, 2.24) is 14.7 Å². The van der Waals surface area contributed by atoms with E-state index < -0.39 is 48.6 Å². The highest BCUT2D eigenvalue weighted by Gasteiger charge is 2.46. The lowest BCUT2D eigenvalue weighted by molar-refractivity contribution is -0.173. The zero-order valence-corrected chi connectivity index (χ0v) is 22.5. The molecule has 0 aliphatic carbocycles. The van der Waals surface area contributed by atoms with Crippen molar-refractivity contribution in [1.29, 1.82) is 0 Å². The van der Waals surface area contributed by atoms with Gasteiger partial charge in [-0.05, 0) is 50.4 Å². The quantitative estimate of drug-likeness (QED) is 0.292. The van der Waals surface area contributed by atoms with Gasteiger partial charge in [0.15, 0.2) is 11.6 Å². The number of aromatic nitrogens is 2. The monoisotopic (exact) mass is 586 g/mol. The molecule has 5 N–H and O–H groups in total. The molecule has 0 amide bonds. The largest absolute Gasteiger partial charge is 0.497 e. The minimum absolute atomic E-state index is 0.00213. The highest BCUT2D eigenvalue weighted by Crippen LogP contribution is 2.41. The second kappa shape index (κ2) is 12.8. The first kappa shape index (κ1) is 31.7. The van der Waals surface area contributed by atoms with Gasteiger partial charge in [-0.25, -0.2) is 9.48 Å². The normalized spacial score (nSPS) is 20.8. The fourth-order valence-corrected chi connectivity index (χ4v) is 4.97. The van der Waals surface area contributed by atoms with Crippen LogP contribution >= 0.6 is 0 Å². The smallest absolute Gasteiger partial charge is 0.410 e. The number of nitrogens with one attached hydrogen (secondary N) is 1. The third-order valence-electron chi connectivity index (χ3n) is 6.93. The molecule has 12 nitrogen and oxygen atoms in total. The fraction of sp³-hybridized carbons (Fsp3) is 0.538. The molecule has 0 radical (unpaired) electrons. The highest BCUT2D eigenvalue weighted by molar-refractivity contribution is 5.88. The second-order valence-electron chi connectivity index (χ2n) is 10.2. The Balaban J connectivity index is 0.000000302. The van der Waals surface area contributed by atoms with Gasteiger partial charge >= 0.3 is 24.1 Å². The van der Waals surface area contributed by atoms with E-state index in [-0.39, 0.29) is 18.5 Å². The number of halogens is 3. The van der Waals surface area contributed by atoms with Crippen LogP contribution in [0.2, 0.25) is 0 Å². The Kier molecular flexibility index (Phi) is 9.86. The van der Waals surface area contributed by atoms with Crippen LogP contribution < -0.4 is 10.1 Å². The van der Waals surface area contributed by atoms with Gasteiger partial charge < -0.3 is 30.5 Å². The maximum Gasteiger partial charge on any atom is 0.410 e. The Morgan fingerprint density at radius 3 is 2.22 bits per heavy atom. The number of ether oxygens (including phenoxy) is 1. The first-order valence-electron chi connectivity index (χ1n) is 12.8. The van der Waals surface area contributed by atoms with Crippen molar-refractivity contribution in [2.24, 2.45) is 0 Å². The number of fused-ring (bicyclic) bond motifs is 1. The van der Waals surface area contributed by atoms with Crippen molar-refractivity contribution in [2.75, 3.05) is 19.0 Å². The molecule has 2 aliphatic rings. The predicted octanol–water partition coefficient (Wildman–Crippen LogP) is 3.29. The number of likely N-dealkylation sites (tertiary alicyclic amines) is 1. The van der Waals surface area contributed by atoms with Crippen molar-refractivity contribution in [2.45, 2.75) is 75.5 Å². The van der Waals surface area contributed by atoms with E-state index in [4.69, 9.17) is 25.2 Å². The number of carboxylic acids is 3. The van der Waals surface area contributed by atoms with Crippen molar-refractivity contribution in [3.8, 4) is 5.75 Å². The van der Waals surface area contributed by atoms with E-state index >= 15 is 0 Å². The number of methoxy groups -OCH3 is 1. The number of hydrogen-bond acceptors (Lipinski definition) is 8. The Morgan fingerprint density at radius 2 is 1.71 bits per heavy atom. The summed E-state index contributed by atoms with van der Waals surface area (Å²) in [5.74, 6) is -3.75. The third-order valence-corrected chi connectivity index (χ3v) is 6.93.